The Bertz CT molecular complexity index is 881. The van der Waals surface area contributed by atoms with E-state index in [1.54, 1.807) is 30.7 Å². The maximum atomic E-state index is 12.7. The summed E-state index contributed by atoms with van der Waals surface area (Å²) < 4.78 is 50.4. The number of piperidine rings is 1. The Morgan fingerprint density at radius 1 is 1.19 bits per heavy atom. The number of benzene rings is 1. The summed E-state index contributed by atoms with van der Waals surface area (Å²) in [5, 5.41) is 4.43. The molecule has 1 aliphatic rings. The minimum Gasteiger partial charge on any atom is -0.490 e. The number of halogens is 3. The number of hydrogen-bond acceptors (Lipinski definition) is 4. The molecule has 1 fully saturated rings. The lowest BCUT2D eigenvalue weighted by atomic mass is 10.1. The normalized spacial score (nSPS) is 16.9. The van der Waals surface area contributed by atoms with E-state index in [1.807, 2.05) is 6.07 Å². The molecule has 4 rings (SSSR count). The van der Waals surface area contributed by atoms with E-state index in [1.165, 1.54) is 10.8 Å². The third-order valence-electron chi connectivity index (χ3n) is 4.84. The van der Waals surface area contributed by atoms with Gasteiger partial charge in [-0.05, 0) is 31.0 Å². The molecule has 5 nitrogen and oxygen atoms in total. The second-order valence-corrected chi connectivity index (χ2v) is 6.87. The van der Waals surface area contributed by atoms with Crippen LogP contribution in [0.3, 0.4) is 0 Å². The van der Waals surface area contributed by atoms with Crippen LogP contribution in [0.4, 0.5) is 13.2 Å². The summed E-state index contributed by atoms with van der Waals surface area (Å²) in [6, 6.07) is 6.95. The molecule has 1 aliphatic heterocycles. The highest BCUT2D eigenvalue weighted by Gasteiger charge is 2.28. The summed E-state index contributed by atoms with van der Waals surface area (Å²) in [7, 11) is 0. The maximum absolute atomic E-state index is 12.7. The van der Waals surface area contributed by atoms with Gasteiger partial charge in [-0.3, -0.25) is 4.90 Å². The number of rotatable bonds is 5. The second kappa shape index (κ2) is 7.26. The van der Waals surface area contributed by atoms with Crippen LogP contribution in [0.5, 0.6) is 5.75 Å². The van der Waals surface area contributed by atoms with Crippen LogP contribution in [-0.2, 0) is 13.1 Å². The molecular formula is C19H20F3N3O2. The summed E-state index contributed by atoms with van der Waals surface area (Å²) in [5.74, 6) is 0.644. The zero-order valence-electron chi connectivity index (χ0n) is 14.7. The van der Waals surface area contributed by atoms with Gasteiger partial charge in [0.1, 0.15) is 24.7 Å². The van der Waals surface area contributed by atoms with Crippen molar-refractivity contribution in [1.29, 1.82) is 0 Å². The minimum absolute atomic E-state index is 0.0558. The van der Waals surface area contributed by atoms with E-state index in [2.05, 4.69) is 10.1 Å². The topological polar surface area (TPSA) is 43.4 Å². The molecule has 0 aliphatic carbocycles. The van der Waals surface area contributed by atoms with Gasteiger partial charge in [-0.15, -0.1) is 0 Å². The van der Waals surface area contributed by atoms with Gasteiger partial charge in [-0.1, -0.05) is 11.2 Å². The van der Waals surface area contributed by atoms with Gasteiger partial charge in [0.2, 0.25) is 0 Å². The van der Waals surface area contributed by atoms with Crippen LogP contribution >= 0.6 is 0 Å². The predicted molar refractivity (Wildman–Crippen MR) is 93.4 cm³/mol. The third kappa shape index (κ3) is 4.27. The van der Waals surface area contributed by atoms with Gasteiger partial charge in [0.15, 0.2) is 0 Å². The molecule has 0 bridgehead atoms. The SMILES string of the molecule is FC(F)(F)Cn1ccc2c(OC3CCN(Cc4cnoc4)CC3)cccc21. The Balaban J connectivity index is 1.41. The first-order valence-corrected chi connectivity index (χ1v) is 8.90. The maximum Gasteiger partial charge on any atom is 0.406 e. The first kappa shape index (κ1) is 17.9. The van der Waals surface area contributed by atoms with Crippen molar-refractivity contribution in [2.75, 3.05) is 13.1 Å². The number of alkyl halides is 3. The van der Waals surface area contributed by atoms with Crippen molar-refractivity contribution in [2.45, 2.75) is 38.2 Å². The number of fused-ring (bicyclic) bond motifs is 1. The third-order valence-corrected chi connectivity index (χ3v) is 4.84. The molecule has 1 aromatic carbocycles. The van der Waals surface area contributed by atoms with E-state index in [9.17, 15) is 13.2 Å². The zero-order chi connectivity index (χ0) is 18.9. The molecule has 0 radical (unpaired) electrons. The molecule has 0 saturated carbocycles. The molecular weight excluding hydrogens is 359 g/mol. The summed E-state index contributed by atoms with van der Waals surface area (Å²) in [6.45, 7) is 1.58. The summed E-state index contributed by atoms with van der Waals surface area (Å²) in [6.07, 6.45) is 2.37. The van der Waals surface area contributed by atoms with E-state index in [-0.39, 0.29) is 6.10 Å². The monoisotopic (exact) mass is 379 g/mol. The molecule has 3 aromatic rings. The van der Waals surface area contributed by atoms with E-state index in [0.29, 0.717) is 16.7 Å². The van der Waals surface area contributed by atoms with E-state index in [0.717, 1.165) is 38.0 Å². The molecule has 3 heterocycles. The van der Waals surface area contributed by atoms with Crippen molar-refractivity contribution in [3.63, 3.8) is 0 Å². The molecule has 0 N–H and O–H groups in total. The highest BCUT2D eigenvalue weighted by molar-refractivity contribution is 5.86. The van der Waals surface area contributed by atoms with Crippen LogP contribution in [0.2, 0.25) is 0 Å². The largest absolute Gasteiger partial charge is 0.490 e. The van der Waals surface area contributed by atoms with Crippen molar-refractivity contribution in [2.24, 2.45) is 0 Å². The lowest BCUT2D eigenvalue weighted by Gasteiger charge is -2.31. The van der Waals surface area contributed by atoms with Crippen LogP contribution in [0.25, 0.3) is 10.9 Å². The summed E-state index contributed by atoms with van der Waals surface area (Å²) >= 11 is 0. The number of likely N-dealkylation sites (tertiary alicyclic amines) is 1. The summed E-state index contributed by atoms with van der Waals surface area (Å²) in [4.78, 5) is 2.31. The van der Waals surface area contributed by atoms with Crippen LogP contribution < -0.4 is 4.74 Å². The zero-order valence-corrected chi connectivity index (χ0v) is 14.7. The average Bonchev–Trinajstić information content (AvgIpc) is 3.26. The number of nitrogens with zero attached hydrogens (tertiary/aromatic N) is 3. The highest BCUT2D eigenvalue weighted by atomic mass is 19.4. The highest BCUT2D eigenvalue weighted by Crippen LogP contribution is 2.31. The van der Waals surface area contributed by atoms with Crippen molar-refractivity contribution >= 4 is 10.9 Å². The molecule has 0 atom stereocenters. The minimum atomic E-state index is -4.25. The van der Waals surface area contributed by atoms with Crippen molar-refractivity contribution in [3.8, 4) is 5.75 Å². The summed E-state index contributed by atoms with van der Waals surface area (Å²) in [5.41, 5.74) is 1.58. The Kier molecular flexibility index (Phi) is 4.82. The molecule has 0 unspecified atom stereocenters. The second-order valence-electron chi connectivity index (χ2n) is 6.87. The molecule has 1 saturated heterocycles. The fourth-order valence-electron chi connectivity index (χ4n) is 3.56. The molecule has 0 amide bonds. The molecule has 2 aromatic heterocycles. The van der Waals surface area contributed by atoms with Gasteiger partial charge in [0.25, 0.3) is 0 Å². The lowest BCUT2D eigenvalue weighted by Crippen LogP contribution is -2.37. The van der Waals surface area contributed by atoms with Crippen molar-refractivity contribution in [1.82, 2.24) is 14.6 Å². The average molecular weight is 379 g/mol. The van der Waals surface area contributed by atoms with Gasteiger partial charge in [0, 0.05) is 36.8 Å². The molecule has 0 spiro atoms. The molecule has 8 heteroatoms. The van der Waals surface area contributed by atoms with Gasteiger partial charge in [0.05, 0.1) is 11.7 Å². The fraction of sp³-hybridized carbons (Fsp3) is 0.421. The smallest absolute Gasteiger partial charge is 0.406 e. The van der Waals surface area contributed by atoms with Gasteiger partial charge in [-0.2, -0.15) is 13.2 Å². The number of ether oxygens (including phenoxy) is 1. The quantitative estimate of drug-likeness (QED) is 0.665. The number of aromatic nitrogens is 2. The van der Waals surface area contributed by atoms with Crippen molar-refractivity contribution in [3.05, 3.63) is 48.5 Å². The Hall–Kier alpha value is -2.48. The van der Waals surface area contributed by atoms with Gasteiger partial charge >= 0.3 is 6.18 Å². The van der Waals surface area contributed by atoms with Gasteiger partial charge < -0.3 is 13.8 Å². The van der Waals surface area contributed by atoms with Crippen LogP contribution in [0, 0.1) is 0 Å². The number of hydrogen-bond donors (Lipinski definition) is 0. The molecule has 144 valence electrons. The van der Waals surface area contributed by atoms with Crippen molar-refractivity contribution < 1.29 is 22.4 Å². The van der Waals surface area contributed by atoms with Crippen LogP contribution in [0.15, 0.2) is 47.4 Å². The fourth-order valence-corrected chi connectivity index (χ4v) is 3.56. The first-order chi connectivity index (χ1) is 13.0. The van der Waals surface area contributed by atoms with E-state index in [4.69, 9.17) is 9.26 Å². The first-order valence-electron chi connectivity index (χ1n) is 8.90. The van der Waals surface area contributed by atoms with E-state index >= 15 is 0 Å². The van der Waals surface area contributed by atoms with Gasteiger partial charge in [-0.25, -0.2) is 0 Å². The Morgan fingerprint density at radius 2 is 2.00 bits per heavy atom. The Labute approximate surface area is 154 Å². The van der Waals surface area contributed by atoms with Crippen LogP contribution in [-0.4, -0.2) is 40.0 Å². The predicted octanol–water partition coefficient (Wildman–Crippen LogP) is 4.24. The van der Waals surface area contributed by atoms with Crippen LogP contribution in [0.1, 0.15) is 18.4 Å². The lowest BCUT2D eigenvalue weighted by molar-refractivity contribution is -0.139. The molecule has 27 heavy (non-hydrogen) atoms. The standard InChI is InChI=1S/C19H20F3N3O2/c20-19(21,22)13-25-9-6-16-17(25)2-1-3-18(16)27-15-4-7-24(8-5-15)11-14-10-23-26-12-14/h1-3,6,9-10,12,15H,4-5,7-8,11,13H2. The van der Waals surface area contributed by atoms with E-state index < -0.39 is 12.7 Å². The Morgan fingerprint density at radius 3 is 2.70 bits per heavy atom.